The van der Waals surface area contributed by atoms with Gasteiger partial charge in [-0.1, -0.05) is 6.07 Å². The molecule has 26 heavy (non-hydrogen) atoms. The number of rotatable bonds is 4. The van der Waals surface area contributed by atoms with E-state index in [-0.39, 0.29) is 18.6 Å². The molecule has 0 atom stereocenters. The summed E-state index contributed by atoms with van der Waals surface area (Å²) >= 11 is 0. The van der Waals surface area contributed by atoms with Gasteiger partial charge in [0.1, 0.15) is 0 Å². The number of hydrogen-bond donors (Lipinski definition) is 1. The Morgan fingerprint density at radius 3 is 2.81 bits per heavy atom. The molecule has 6 heteroatoms. The van der Waals surface area contributed by atoms with Gasteiger partial charge in [0, 0.05) is 31.3 Å². The number of anilines is 2. The maximum absolute atomic E-state index is 12.3. The number of carbonyl (C=O) groups is 2. The van der Waals surface area contributed by atoms with Crippen LogP contribution in [0, 0.1) is 0 Å². The van der Waals surface area contributed by atoms with Crippen molar-refractivity contribution in [1.29, 1.82) is 0 Å². The predicted molar refractivity (Wildman–Crippen MR) is 97.7 cm³/mol. The molecule has 2 amide bonds. The fourth-order valence-corrected chi connectivity index (χ4v) is 3.38. The SMILES string of the molecule is CC(=O)N1CCc2cc(NC(=O)CCc3ccc4c(c3)OCO4)ccc21. The lowest BCUT2D eigenvalue weighted by Crippen LogP contribution is -2.25. The second kappa shape index (κ2) is 6.71. The van der Waals surface area contributed by atoms with E-state index in [4.69, 9.17) is 9.47 Å². The number of amides is 2. The van der Waals surface area contributed by atoms with Gasteiger partial charge < -0.3 is 19.7 Å². The summed E-state index contributed by atoms with van der Waals surface area (Å²) in [6.45, 7) is 2.52. The topological polar surface area (TPSA) is 67.9 Å². The Kier molecular flexibility index (Phi) is 4.24. The average Bonchev–Trinajstić information content (AvgIpc) is 3.25. The van der Waals surface area contributed by atoms with Crippen molar-refractivity contribution >= 4 is 23.2 Å². The molecule has 2 aliphatic heterocycles. The lowest BCUT2D eigenvalue weighted by atomic mass is 10.1. The number of aryl methyl sites for hydroxylation is 1. The van der Waals surface area contributed by atoms with Crippen LogP contribution < -0.4 is 19.7 Å². The van der Waals surface area contributed by atoms with E-state index in [2.05, 4.69) is 5.32 Å². The zero-order valence-electron chi connectivity index (χ0n) is 14.6. The lowest BCUT2D eigenvalue weighted by molar-refractivity contribution is -0.117. The van der Waals surface area contributed by atoms with Crippen LogP contribution in [-0.4, -0.2) is 25.2 Å². The Balaban J connectivity index is 1.36. The van der Waals surface area contributed by atoms with Crippen molar-refractivity contribution in [2.24, 2.45) is 0 Å². The monoisotopic (exact) mass is 352 g/mol. The van der Waals surface area contributed by atoms with Crippen LogP contribution in [0.5, 0.6) is 11.5 Å². The first-order valence-electron chi connectivity index (χ1n) is 8.69. The molecule has 0 radical (unpaired) electrons. The van der Waals surface area contributed by atoms with Crippen molar-refractivity contribution in [3.63, 3.8) is 0 Å². The van der Waals surface area contributed by atoms with Crippen LogP contribution in [0.4, 0.5) is 11.4 Å². The van der Waals surface area contributed by atoms with E-state index in [9.17, 15) is 9.59 Å². The second-order valence-electron chi connectivity index (χ2n) is 6.50. The van der Waals surface area contributed by atoms with Gasteiger partial charge in [-0.05, 0) is 54.3 Å². The summed E-state index contributed by atoms with van der Waals surface area (Å²) in [5.41, 5.74) is 3.84. The van der Waals surface area contributed by atoms with E-state index in [1.807, 2.05) is 36.4 Å². The van der Waals surface area contributed by atoms with E-state index in [1.165, 1.54) is 0 Å². The zero-order valence-corrected chi connectivity index (χ0v) is 14.6. The smallest absolute Gasteiger partial charge is 0.231 e. The summed E-state index contributed by atoms with van der Waals surface area (Å²) in [5.74, 6) is 1.49. The first kappa shape index (κ1) is 16.4. The minimum atomic E-state index is -0.0379. The Morgan fingerprint density at radius 2 is 1.96 bits per heavy atom. The molecule has 2 aromatic rings. The highest BCUT2D eigenvalue weighted by Gasteiger charge is 2.22. The molecule has 0 saturated carbocycles. The van der Waals surface area contributed by atoms with Crippen LogP contribution in [0.3, 0.4) is 0 Å². The summed E-state index contributed by atoms with van der Waals surface area (Å²) in [6.07, 6.45) is 1.83. The molecule has 0 aromatic heterocycles. The van der Waals surface area contributed by atoms with Gasteiger partial charge in [-0.3, -0.25) is 9.59 Å². The van der Waals surface area contributed by atoms with E-state index in [0.717, 1.165) is 40.4 Å². The number of nitrogens with zero attached hydrogens (tertiary/aromatic N) is 1. The van der Waals surface area contributed by atoms with Crippen LogP contribution in [0.1, 0.15) is 24.5 Å². The molecule has 2 aromatic carbocycles. The molecule has 0 aliphatic carbocycles. The molecule has 2 aliphatic rings. The molecular formula is C20H20N2O4. The summed E-state index contributed by atoms with van der Waals surface area (Å²) in [7, 11) is 0. The first-order chi connectivity index (χ1) is 12.6. The van der Waals surface area contributed by atoms with Crippen molar-refractivity contribution in [3.05, 3.63) is 47.5 Å². The summed E-state index contributed by atoms with van der Waals surface area (Å²) in [6, 6.07) is 11.4. The molecule has 134 valence electrons. The number of benzene rings is 2. The first-order valence-corrected chi connectivity index (χ1v) is 8.69. The number of nitrogens with one attached hydrogen (secondary N) is 1. The lowest BCUT2D eigenvalue weighted by Gasteiger charge is -2.15. The van der Waals surface area contributed by atoms with Crippen molar-refractivity contribution in [2.75, 3.05) is 23.6 Å². The summed E-state index contributed by atoms with van der Waals surface area (Å²) < 4.78 is 10.6. The molecule has 0 fully saturated rings. The van der Waals surface area contributed by atoms with Gasteiger partial charge >= 0.3 is 0 Å². The van der Waals surface area contributed by atoms with Gasteiger partial charge in [-0.15, -0.1) is 0 Å². The average molecular weight is 352 g/mol. The van der Waals surface area contributed by atoms with Gasteiger partial charge in [0.2, 0.25) is 18.6 Å². The van der Waals surface area contributed by atoms with E-state index in [0.29, 0.717) is 19.4 Å². The van der Waals surface area contributed by atoms with Gasteiger partial charge in [-0.25, -0.2) is 0 Å². The molecule has 0 unspecified atom stereocenters. The highest BCUT2D eigenvalue weighted by molar-refractivity contribution is 5.95. The Labute approximate surface area is 151 Å². The van der Waals surface area contributed by atoms with Crippen LogP contribution >= 0.6 is 0 Å². The highest BCUT2D eigenvalue weighted by atomic mass is 16.7. The largest absolute Gasteiger partial charge is 0.454 e. The highest BCUT2D eigenvalue weighted by Crippen LogP contribution is 2.33. The van der Waals surface area contributed by atoms with Crippen LogP contribution in [0.2, 0.25) is 0 Å². The fourth-order valence-electron chi connectivity index (χ4n) is 3.38. The quantitative estimate of drug-likeness (QED) is 0.919. The number of ether oxygens (including phenoxy) is 2. The van der Waals surface area contributed by atoms with Crippen LogP contribution in [0.25, 0.3) is 0 Å². The number of hydrogen-bond acceptors (Lipinski definition) is 4. The molecule has 2 heterocycles. The fraction of sp³-hybridized carbons (Fsp3) is 0.300. The summed E-state index contributed by atoms with van der Waals surface area (Å²) in [4.78, 5) is 25.6. The van der Waals surface area contributed by atoms with Gasteiger partial charge in [0.15, 0.2) is 11.5 Å². The normalized spacial score (nSPS) is 14.3. The maximum atomic E-state index is 12.3. The molecule has 1 N–H and O–H groups in total. The Hall–Kier alpha value is -3.02. The third-order valence-electron chi connectivity index (χ3n) is 4.72. The van der Waals surface area contributed by atoms with Crippen molar-refractivity contribution < 1.29 is 19.1 Å². The van der Waals surface area contributed by atoms with Crippen molar-refractivity contribution in [3.8, 4) is 11.5 Å². The predicted octanol–water partition coefficient (Wildman–Crippen LogP) is 2.90. The minimum absolute atomic E-state index is 0.0379. The molecule has 0 saturated heterocycles. The number of fused-ring (bicyclic) bond motifs is 2. The van der Waals surface area contributed by atoms with Gasteiger partial charge in [-0.2, -0.15) is 0 Å². The molecule has 6 nitrogen and oxygen atoms in total. The Bertz CT molecular complexity index is 878. The van der Waals surface area contributed by atoms with Crippen molar-refractivity contribution in [2.45, 2.75) is 26.2 Å². The maximum Gasteiger partial charge on any atom is 0.231 e. The third-order valence-corrected chi connectivity index (χ3v) is 4.72. The molecule has 0 bridgehead atoms. The van der Waals surface area contributed by atoms with E-state index >= 15 is 0 Å². The second-order valence-corrected chi connectivity index (χ2v) is 6.50. The van der Waals surface area contributed by atoms with Gasteiger partial charge in [0.05, 0.1) is 0 Å². The summed E-state index contributed by atoms with van der Waals surface area (Å²) in [5, 5.41) is 2.94. The van der Waals surface area contributed by atoms with Gasteiger partial charge in [0.25, 0.3) is 0 Å². The third kappa shape index (κ3) is 3.22. The van der Waals surface area contributed by atoms with Crippen LogP contribution in [0.15, 0.2) is 36.4 Å². The standard InChI is InChI=1S/C20H20N2O4/c1-13(23)22-9-8-15-11-16(4-5-17(15)22)21-20(24)7-3-14-2-6-18-19(10-14)26-12-25-18/h2,4-6,10-11H,3,7-9,12H2,1H3,(H,21,24). The molecule has 4 rings (SSSR count). The molecular weight excluding hydrogens is 332 g/mol. The Morgan fingerprint density at radius 1 is 1.12 bits per heavy atom. The zero-order chi connectivity index (χ0) is 18.1. The van der Waals surface area contributed by atoms with E-state index < -0.39 is 0 Å². The molecule has 0 spiro atoms. The minimum Gasteiger partial charge on any atom is -0.454 e. The van der Waals surface area contributed by atoms with E-state index in [1.54, 1.807) is 11.8 Å². The van der Waals surface area contributed by atoms with Crippen LogP contribution in [-0.2, 0) is 22.4 Å². The van der Waals surface area contributed by atoms with Crippen molar-refractivity contribution in [1.82, 2.24) is 0 Å². The number of carbonyl (C=O) groups excluding carboxylic acids is 2.